The van der Waals surface area contributed by atoms with Crippen molar-refractivity contribution in [2.24, 2.45) is 11.8 Å². The summed E-state index contributed by atoms with van der Waals surface area (Å²) in [6, 6.07) is 0. The van der Waals surface area contributed by atoms with Gasteiger partial charge in [-0.3, -0.25) is 0 Å². The molecule has 0 bridgehead atoms. The lowest BCUT2D eigenvalue weighted by Crippen LogP contribution is -2.19. The van der Waals surface area contributed by atoms with Crippen molar-refractivity contribution in [3.8, 4) is 0 Å². The van der Waals surface area contributed by atoms with Gasteiger partial charge in [-0.1, -0.05) is 20.8 Å². The van der Waals surface area contributed by atoms with Crippen LogP contribution < -0.4 is 0 Å². The lowest BCUT2D eigenvalue weighted by Gasteiger charge is -2.15. The summed E-state index contributed by atoms with van der Waals surface area (Å²) in [4.78, 5) is 2.15. The van der Waals surface area contributed by atoms with E-state index in [4.69, 9.17) is 4.74 Å². The Bertz CT molecular complexity index is 113. The highest BCUT2D eigenvalue weighted by atomic mass is 16.5. The summed E-state index contributed by atoms with van der Waals surface area (Å²) < 4.78 is 5.57. The minimum atomic E-state index is 0.696. The lowest BCUT2D eigenvalue weighted by atomic mass is 10.00. The van der Waals surface area contributed by atoms with Gasteiger partial charge >= 0.3 is 0 Å². The Balaban J connectivity index is 3.22. The Hall–Kier alpha value is -0.0800. The van der Waals surface area contributed by atoms with E-state index in [1.165, 1.54) is 6.42 Å². The van der Waals surface area contributed by atoms with Crippen molar-refractivity contribution in [2.45, 2.75) is 27.2 Å². The van der Waals surface area contributed by atoms with Crippen molar-refractivity contribution in [3.05, 3.63) is 0 Å². The maximum atomic E-state index is 5.57. The monoisotopic (exact) mass is 187 g/mol. The van der Waals surface area contributed by atoms with E-state index in [0.717, 1.165) is 25.7 Å². The molecule has 0 radical (unpaired) electrons. The maximum absolute atomic E-state index is 5.57. The average Bonchev–Trinajstić information content (AvgIpc) is 1.96. The van der Waals surface area contributed by atoms with Gasteiger partial charge in [0.2, 0.25) is 0 Å². The van der Waals surface area contributed by atoms with Gasteiger partial charge in [-0.05, 0) is 32.4 Å². The smallest absolute Gasteiger partial charge is 0.0593 e. The van der Waals surface area contributed by atoms with Gasteiger partial charge in [0.05, 0.1) is 6.61 Å². The first kappa shape index (κ1) is 12.9. The molecule has 0 aliphatic heterocycles. The van der Waals surface area contributed by atoms with E-state index in [1.807, 2.05) is 0 Å². The average molecular weight is 187 g/mol. The Morgan fingerprint density at radius 2 is 1.77 bits per heavy atom. The quantitative estimate of drug-likeness (QED) is 0.567. The van der Waals surface area contributed by atoms with Crippen molar-refractivity contribution < 1.29 is 4.74 Å². The van der Waals surface area contributed by atoms with Crippen LogP contribution >= 0.6 is 0 Å². The van der Waals surface area contributed by atoms with Crippen LogP contribution in [0.5, 0.6) is 0 Å². The van der Waals surface area contributed by atoms with Gasteiger partial charge in [-0.15, -0.1) is 0 Å². The zero-order valence-electron chi connectivity index (χ0n) is 9.84. The van der Waals surface area contributed by atoms with Crippen LogP contribution in [0.3, 0.4) is 0 Å². The first-order valence-electron chi connectivity index (χ1n) is 5.24. The molecule has 0 aliphatic rings. The van der Waals surface area contributed by atoms with Gasteiger partial charge in [0.25, 0.3) is 0 Å². The van der Waals surface area contributed by atoms with Crippen molar-refractivity contribution in [3.63, 3.8) is 0 Å². The molecule has 80 valence electrons. The number of rotatable bonds is 7. The van der Waals surface area contributed by atoms with Crippen LogP contribution in [0.4, 0.5) is 0 Å². The second-order valence-corrected chi connectivity index (χ2v) is 4.61. The highest BCUT2D eigenvalue weighted by Crippen LogP contribution is 2.10. The van der Waals surface area contributed by atoms with Gasteiger partial charge in [0.15, 0.2) is 0 Å². The molecule has 0 aliphatic carbocycles. The summed E-state index contributed by atoms with van der Waals surface area (Å²) in [5, 5.41) is 0. The van der Waals surface area contributed by atoms with Crippen molar-refractivity contribution >= 4 is 0 Å². The largest absolute Gasteiger partial charge is 0.380 e. The van der Waals surface area contributed by atoms with Gasteiger partial charge in [-0.25, -0.2) is 0 Å². The van der Waals surface area contributed by atoms with E-state index in [9.17, 15) is 0 Å². The SMILES string of the molecule is CC(C)CC(C)COCCN(C)C. The van der Waals surface area contributed by atoms with Gasteiger partial charge in [-0.2, -0.15) is 0 Å². The molecule has 0 amide bonds. The number of hydrogen-bond donors (Lipinski definition) is 0. The number of hydrogen-bond acceptors (Lipinski definition) is 2. The molecule has 1 unspecified atom stereocenters. The molecule has 0 fully saturated rings. The van der Waals surface area contributed by atoms with E-state index < -0.39 is 0 Å². The lowest BCUT2D eigenvalue weighted by molar-refractivity contribution is 0.0860. The van der Waals surface area contributed by atoms with Crippen LogP contribution in [0.25, 0.3) is 0 Å². The molecule has 2 heteroatoms. The predicted molar refractivity (Wildman–Crippen MR) is 58.0 cm³/mol. The molecule has 0 aromatic heterocycles. The van der Waals surface area contributed by atoms with Crippen LogP contribution in [0.2, 0.25) is 0 Å². The fraction of sp³-hybridized carbons (Fsp3) is 1.00. The molecule has 2 nitrogen and oxygen atoms in total. The highest BCUT2D eigenvalue weighted by molar-refractivity contribution is 4.54. The van der Waals surface area contributed by atoms with Gasteiger partial charge in [0, 0.05) is 13.2 Å². The van der Waals surface area contributed by atoms with E-state index in [-0.39, 0.29) is 0 Å². The van der Waals surface area contributed by atoms with Crippen LogP contribution in [0.15, 0.2) is 0 Å². The second-order valence-electron chi connectivity index (χ2n) is 4.61. The van der Waals surface area contributed by atoms with Crippen LogP contribution in [-0.4, -0.2) is 38.8 Å². The molecule has 0 saturated carbocycles. The van der Waals surface area contributed by atoms with Crippen LogP contribution in [0, 0.1) is 11.8 Å². The molecule has 0 heterocycles. The zero-order chi connectivity index (χ0) is 10.3. The zero-order valence-corrected chi connectivity index (χ0v) is 9.84. The van der Waals surface area contributed by atoms with E-state index in [2.05, 4.69) is 39.8 Å². The van der Waals surface area contributed by atoms with E-state index >= 15 is 0 Å². The first-order valence-corrected chi connectivity index (χ1v) is 5.24. The fourth-order valence-electron chi connectivity index (χ4n) is 1.40. The highest BCUT2D eigenvalue weighted by Gasteiger charge is 2.04. The van der Waals surface area contributed by atoms with E-state index in [1.54, 1.807) is 0 Å². The van der Waals surface area contributed by atoms with Crippen molar-refractivity contribution in [1.82, 2.24) is 4.90 Å². The molecule has 0 rings (SSSR count). The molecule has 0 N–H and O–H groups in total. The molecule has 0 saturated heterocycles. The minimum Gasteiger partial charge on any atom is -0.380 e. The Morgan fingerprint density at radius 1 is 1.15 bits per heavy atom. The minimum absolute atomic E-state index is 0.696. The summed E-state index contributed by atoms with van der Waals surface area (Å²) in [5.41, 5.74) is 0. The summed E-state index contributed by atoms with van der Waals surface area (Å²) in [6.45, 7) is 9.57. The Labute approximate surface area is 83.3 Å². The molecular weight excluding hydrogens is 162 g/mol. The molecule has 13 heavy (non-hydrogen) atoms. The number of likely N-dealkylation sites (N-methyl/N-ethyl adjacent to an activating group) is 1. The first-order chi connectivity index (χ1) is 6.02. The molecule has 0 aromatic rings. The molecule has 0 aromatic carbocycles. The fourth-order valence-corrected chi connectivity index (χ4v) is 1.40. The van der Waals surface area contributed by atoms with E-state index in [0.29, 0.717) is 5.92 Å². The maximum Gasteiger partial charge on any atom is 0.0593 e. The molecule has 0 spiro atoms. The van der Waals surface area contributed by atoms with Gasteiger partial charge in [0.1, 0.15) is 0 Å². The third-order valence-electron chi connectivity index (χ3n) is 1.96. The Morgan fingerprint density at radius 3 is 2.23 bits per heavy atom. The second kappa shape index (κ2) is 7.34. The molecular formula is C11H25NO. The standard InChI is InChI=1S/C11H25NO/c1-10(2)8-11(3)9-13-7-6-12(4)5/h10-11H,6-9H2,1-5H3. The van der Waals surface area contributed by atoms with Crippen LogP contribution in [0.1, 0.15) is 27.2 Å². The van der Waals surface area contributed by atoms with Gasteiger partial charge < -0.3 is 9.64 Å². The number of nitrogens with zero attached hydrogens (tertiary/aromatic N) is 1. The normalized spacial score (nSPS) is 14.1. The summed E-state index contributed by atoms with van der Waals surface area (Å²) >= 11 is 0. The molecule has 1 atom stereocenters. The predicted octanol–water partition coefficient (Wildman–Crippen LogP) is 2.25. The number of ether oxygens (including phenoxy) is 1. The topological polar surface area (TPSA) is 12.5 Å². The van der Waals surface area contributed by atoms with Crippen molar-refractivity contribution in [1.29, 1.82) is 0 Å². The third kappa shape index (κ3) is 9.84. The Kier molecular flexibility index (Phi) is 7.29. The summed E-state index contributed by atoms with van der Waals surface area (Å²) in [7, 11) is 4.14. The van der Waals surface area contributed by atoms with Crippen molar-refractivity contribution in [2.75, 3.05) is 33.9 Å². The summed E-state index contributed by atoms with van der Waals surface area (Å²) in [5.74, 6) is 1.48. The third-order valence-corrected chi connectivity index (χ3v) is 1.96. The summed E-state index contributed by atoms with van der Waals surface area (Å²) in [6.07, 6.45) is 1.27. The van der Waals surface area contributed by atoms with Crippen LogP contribution in [-0.2, 0) is 4.74 Å².